The molecule has 0 spiro atoms. The highest BCUT2D eigenvalue weighted by Crippen LogP contribution is 2.31. The van der Waals surface area contributed by atoms with Crippen LogP contribution in [0.5, 0.6) is 5.75 Å². The molecule has 7 nitrogen and oxygen atoms in total. The van der Waals surface area contributed by atoms with Gasteiger partial charge in [-0.3, -0.25) is 14.5 Å². The van der Waals surface area contributed by atoms with E-state index in [0.29, 0.717) is 17.9 Å². The van der Waals surface area contributed by atoms with Crippen LogP contribution in [-0.4, -0.2) is 42.7 Å². The third-order valence-corrected chi connectivity index (χ3v) is 7.54. The summed E-state index contributed by atoms with van der Waals surface area (Å²) in [6, 6.07) is 18.0. The molecule has 2 amide bonds. The van der Waals surface area contributed by atoms with E-state index in [1.807, 2.05) is 36.4 Å². The van der Waals surface area contributed by atoms with Gasteiger partial charge in [0, 0.05) is 5.57 Å². The molecular weight excluding hydrogens is 440 g/mol. The third-order valence-electron chi connectivity index (χ3n) is 5.79. The van der Waals surface area contributed by atoms with Crippen LogP contribution in [0.25, 0.3) is 6.08 Å². The van der Waals surface area contributed by atoms with Crippen LogP contribution in [0.2, 0.25) is 0 Å². The van der Waals surface area contributed by atoms with E-state index < -0.39 is 27.7 Å². The van der Waals surface area contributed by atoms with Gasteiger partial charge in [-0.05, 0) is 48.3 Å². The van der Waals surface area contributed by atoms with Crippen LogP contribution in [-0.2, 0) is 26.0 Å². The van der Waals surface area contributed by atoms with Crippen molar-refractivity contribution < 1.29 is 22.7 Å². The van der Waals surface area contributed by atoms with Crippen LogP contribution < -0.4 is 4.74 Å². The fourth-order valence-electron chi connectivity index (χ4n) is 3.98. The Morgan fingerprint density at radius 3 is 2.39 bits per heavy atom. The Bertz CT molecular complexity index is 1300. The third kappa shape index (κ3) is 4.73. The van der Waals surface area contributed by atoms with Crippen LogP contribution in [0, 0.1) is 11.3 Å². The lowest BCUT2D eigenvalue weighted by Crippen LogP contribution is -2.49. The number of sulfone groups is 1. The molecule has 2 aromatic carbocycles. The van der Waals surface area contributed by atoms with E-state index in [4.69, 9.17) is 4.74 Å². The number of hydrogen-bond acceptors (Lipinski definition) is 6. The molecule has 4 rings (SSSR count). The van der Waals surface area contributed by atoms with Gasteiger partial charge in [-0.25, -0.2) is 8.42 Å². The van der Waals surface area contributed by atoms with E-state index in [1.165, 1.54) is 0 Å². The Labute approximate surface area is 192 Å². The summed E-state index contributed by atoms with van der Waals surface area (Å²) in [5, 5.41) is 9.53. The summed E-state index contributed by atoms with van der Waals surface area (Å²) in [6.45, 7) is 1.98. The maximum Gasteiger partial charge on any atom is 0.271 e. The molecule has 33 heavy (non-hydrogen) atoms. The lowest BCUT2D eigenvalue weighted by atomic mass is 9.92. The zero-order valence-corrected chi connectivity index (χ0v) is 18.8. The van der Waals surface area contributed by atoms with Crippen molar-refractivity contribution >= 4 is 27.7 Å². The van der Waals surface area contributed by atoms with Crippen molar-refractivity contribution in [1.82, 2.24) is 4.90 Å². The maximum absolute atomic E-state index is 13.2. The summed E-state index contributed by atoms with van der Waals surface area (Å²) in [4.78, 5) is 26.9. The molecule has 0 unspecified atom stereocenters. The highest BCUT2D eigenvalue weighted by Gasteiger charge is 2.43. The zero-order chi connectivity index (χ0) is 23.6. The molecule has 0 saturated carbocycles. The second-order valence-electron chi connectivity index (χ2n) is 8.05. The molecule has 2 aliphatic heterocycles. The summed E-state index contributed by atoms with van der Waals surface area (Å²) in [6.07, 6.45) is 1.79. The first-order valence-corrected chi connectivity index (χ1v) is 12.3. The van der Waals surface area contributed by atoms with Crippen molar-refractivity contribution in [3.8, 4) is 11.8 Å². The van der Waals surface area contributed by atoms with Gasteiger partial charge in [0.2, 0.25) is 0 Å². The minimum atomic E-state index is -3.31. The zero-order valence-electron chi connectivity index (χ0n) is 18.0. The van der Waals surface area contributed by atoms with Gasteiger partial charge >= 0.3 is 0 Å². The lowest BCUT2D eigenvalue weighted by Gasteiger charge is -2.31. The van der Waals surface area contributed by atoms with Crippen LogP contribution in [0.15, 0.2) is 71.3 Å². The van der Waals surface area contributed by atoms with Gasteiger partial charge in [0.05, 0.1) is 17.5 Å². The number of amides is 2. The van der Waals surface area contributed by atoms with Crippen molar-refractivity contribution in [3.05, 3.63) is 82.4 Å². The van der Waals surface area contributed by atoms with E-state index in [-0.39, 0.29) is 34.6 Å². The SMILES string of the molecule is CC1=C(C#N)C(=O)N([C@H]2CCS(=O)(=O)C2)C(=O)/C1=C\c1ccc(OCc2ccccc2)cc1. The first-order chi connectivity index (χ1) is 15.8. The van der Waals surface area contributed by atoms with Crippen LogP contribution in [0.3, 0.4) is 0 Å². The molecule has 168 valence electrons. The topological polar surface area (TPSA) is 105 Å². The second kappa shape index (κ2) is 9.04. The predicted molar refractivity (Wildman–Crippen MR) is 122 cm³/mol. The predicted octanol–water partition coefficient (Wildman–Crippen LogP) is 3.04. The smallest absolute Gasteiger partial charge is 0.271 e. The van der Waals surface area contributed by atoms with Gasteiger partial charge < -0.3 is 4.74 Å². The van der Waals surface area contributed by atoms with Crippen LogP contribution >= 0.6 is 0 Å². The molecule has 1 fully saturated rings. The number of nitrogens with zero attached hydrogens (tertiary/aromatic N) is 2. The standard InChI is InChI=1S/C25H22N2O5S/c1-17-22(13-18-7-9-21(10-8-18)32-15-19-5-3-2-4-6-19)24(28)27(25(29)23(17)14-26)20-11-12-33(30,31)16-20/h2-10,13,20H,11-12,15-16H2,1H3/b22-13-/t20-/m0/s1. The number of imide groups is 1. The van der Waals surface area contributed by atoms with Gasteiger partial charge in [-0.15, -0.1) is 0 Å². The Morgan fingerprint density at radius 2 is 1.79 bits per heavy atom. The fourth-order valence-corrected chi connectivity index (χ4v) is 5.68. The summed E-state index contributed by atoms with van der Waals surface area (Å²) < 4.78 is 29.6. The second-order valence-corrected chi connectivity index (χ2v) is 10.3. The van der Waals surface area contributed by atoms with Crippen molar-refractivity contribution in [3.63, 3.8) is 0 Å². The van der Waals surface area contributed by atoms with Crippen molar-refractivity contribution in [2.24, 2.45) is 0 Å². The van der Waals surface area contributed by atoms with Crippen molar-refractivity contribution in [2.45, 2.75) is 26.0 Å². The molecule has 1 atom stereocenters. The molecular formula is C25H22N2O5S. The summed E-state index contributed by atoms with van der Waals surface area (Å²) in [5.41, 5.74) is 2.07. The Kier molecular flexibility index (Phi) is 6.16. The minimum Gasteiger partial charge on any atom is -0.489 e. The summed E-state index contributed by atoms with van der Waals surface area (Å²) >= 11 is 0. The maximum atomic E-state index is 13.2. The molecule has 2 aliphatic rings. The Hall–Kier alpha value is -3.70. The average molecular weight is 463 g/mol. The van der Waals surface area contributed by atoms with E-state index in [2.05, 4.69) is 0 Å². The van der Waals surface area contributed by atoms with Gasteiger partial charge in [-0.2, -0.15) is 5.26 Å². The number of nitriles is 1. The molecule has 0 bridgehead atoms. The van der Waals surface area contributed by atoms with Gasteiger partial charge in [-0.1, -0.05) is 42.5 Å². The molecule has 0 radical (unpaired) electrons. The van der Waals surface area contributed by atoms with Crippen molar-refractivity contribution in [1.29, 1.82) is 5.26 Å². The largest absolute Gasteiger partial charge is 0.489 e. The molecule has 2 aromatic rings. The molecule has 2 heterocycles. The summed E-state index contributed by atoms with van der Waals surface area (Å²) in [5.74, 6) is -1.01. The normalized spacial score (nSPS) is 21.4. The van der Waals surface area contributed by atoms with Crippen LogP contribution in [0.4, 0.5) is 0 Å². The highest BCUT2D eigenvalue weighted by molar-refractivity contribution is 7.91. The molecule has 1 saturated heterocycles. The molecule has 0 N–H and O–H groups in total. The van der Waals surface area contributed by atoms with Crippen molar-refractivity contribution in [2.75, 3.05) is 11.5 Å². The fraction of sp³-hybridized carbons (Fsp3) is 0.240. The molecule has 0 aromatic heterocycles. The van der Waals surface area contributed by atoms with Gasteiger partial charge in [0.1, 0.15) is 24.0 Å². The molecule has 0 aliphatic carbocycles. The van der Waals surface area contributed by atoms with Gasteiger partial charge in [0.25, 0.3) is 11.8 Å². The number of ether oxygens (including phenoxy) is 1. The molecule has 8 heteroatoms. The number of benzene rings is 2. The Balaban J connectivity index is 1.59. The number of hydrogen-bond donors (Lipinski definition) is 0. The van der Waals surface area contributed by atoms with Gasteiger partial charge in [0.15, 0.2) is 9.84 Å². The highest BCUT2D eigenvalue weighted by atomic mass is 32.2. The van der Waals surface area contributed by atoms with E-state index in [9.17, 15) is 23.3 Å². The quantitative estimate of drug-likeness (QED) is 0.500. The number of carbonyl (C=O) groups is 2. The summed E-state index contributed by atoms with van der Waals surface area (Å²) in [7, 11) is -3.31. The first kappa shape index (κ1) is 22.5. The average Bonchev–Trinajstić information content (AvgIpc) is 3.16. The number of rotatable bonds is 5. The van der Waals surface area contributed by atoms with E-state index in [0.717, 1.165) is 10.5 Å². The first-order valence-electron chi connectivity index (χ1n) is 10.5. The lowest BCUT2D eigenvalue weighted by molar-refractivity contribution is -0.142. The van der Waals surface area contributed by atoms with Crippen LogP contribution in [0.1, 0.15) is 24.5 Å². The number of carbonyl (C=O) groups excluding carboxylic acids is 2. The minimum absolute atomic E-state index is 0.0806. The van der Waals surface area contributed by atoms with E-state index >= 15 is 0 Å². The Morgan fingerprint density at radius 1 is 1.09 bits per heavy atom. The monoisotopic (exact) mass is 462 g/mol. The van der Waals surface area contributed by atoms with E-state index in [1.54, 1.807) is 37.3 Å².